The Hall–Kier alpha value is -1.49. The number of nitrogens with two attached hydrogens (primary N) is 1. The molecule has 1 rings (SSSR count). The predicted molar refractivity (Wildman–Crippen MR) is 74.5 cm³/mol. The van der Waals surface area contributed by atoms with Crippen LogP contribution in [0, 0.1) is 0 Å². The third kappa shape index (κ3) is 2.67. The van der Waals surface area contributed by atoms with E-state index in [1.807, 2.05) is 11.9 Å². The van der Waals surface area contributed by atoms with Crippen LogP contribution in [0.2, 0.25) is 5.02 Å². The maximum absolute atomic E-state index is 8.72. The second-order valence-electron chi connectivity index (χ2n) is 4.71. The molecule has 0 aromatic carbocycles. The summed E-state index contributed by atoms with van der Waals surface area (Å²) in [5.74, 6) is 0.596. The number of nitrogens with zero attached hydrogens (tertiary/aromatic N) is 3. The van der Waals surface area contributed by atoms with Gasteiger partial charge in [-0.1, -0.05) is 23.7 Å². The molecule has 0 saturated heterocycles. The fourth-order valence-corrected chi connectivity index (χ4v) is 1.78. The van der Waals surface area contributed by atoms with Crippen LogP contribution in [-0.2, 0) is 0 Å². The fraction of sp³-hybridized carbons (Fsp3) is 0.500. The van der Waals surface area contributed by atoms with Crippen LogP contribution in [0.15, 0.2) is 17.4 Å². The second kappa shape index (κ2) is 5.44. The lowest BCUT2D eigenvalue weighted by Gasteiger charge is -2.36. The van der Waals surface area contributed by atoms with E-state index in [9.17, 15) is 0 Å². The average Bonchev–Trinajstić information content (AvgIpc) is 2.37. The average molecular weight is 271 g/mol. The highest BCUT2D eigenvalue weighted by atomic mass is 35.5. The monoisotopic (exact) mass is 270 g/mol. The minimum Gasteiger partial charge on any atom is -0.409 e. The van der Waals surface area contributed by atoms with Crippen LogP contribution in [0.25, 0.3) is 0 Å². The molecule has 0 amide bonds. The van der Waals surface area contributed by atoms with Gasteiger partial charge in [-0.2, -0.15) is 0 Å². The SMILES string of the molecule is CCC(C)(C)N(C)c1nccc(/C(N)=N/O)c1Cl. The molecule has 0 fully saturated rings. The van der Waals surface area contributed by atoms with Crippen molar-refractivity contribution in [3.63, 3.8) is 0 Å². The van der Waals surface area contributed by atoms with Crippen LogP contribution in [0.3, 0.4) is 0 Å². The lowest BCUT2D eigenvalue weighted by Crippen LogP contribution is -2.41. The van der Waals surface area contributed by atoms with E-state index in [2.05, 4.69) is 30.9 Å². The molecule has 1 aromatic heterocycles. The van der Waals surface area contributed by atoms with Gasteiger partial charge >= 0.3 is 0 Å². The summed E-state index contributed by atoms with van der Waals surface area (Å²) < 4.78 is 0. The maximum Gasteiger partial charge on any atom is 0.171 e. The Morgan fingerprint density at radius 3 is 2.72 bits per heavy atom. The first kappa shape index (κ1) is 14.6. The number of halogens is 1. The molecular weight excluding hydrogens is 252 g/mol. The Bertz CT molecular complexity index is 459. The van der Waals surface area contributed by atoms with Gasteiger partial charge in [-0.25, -0.2) is 4.98 Å². The molecule has 5 nitrogen and oxygen atoms in total. The molecule has 18 heavy (non-hydrogen) atoms. The number of aromatic nitrogens is 1. The van der Waals surface area contributed by atoms with Gasteiger partial charge in [0.25, 0.3) is 0 Å². The van der Waals surface area contributed by atoms with Gasteiger partial charge < -0.3 is 15.8 Å². The van der Waals surface area contributed by atoms with E-state index in [0.29, 0.717) is 16.4 Å². The number of hydrogen-bond donors (Lipinski definition) is 2. The highest BCUT2D eigenvalue weighted by Gasteiger charge is 2.25. The number of amidine groups is 1. The first-order valence-corrected chi connectivity index (χ1v) is 6.09. The first-order chi connectivity index (χ1) is 8.35. The summed E-state index contributed by atoms with van der Waals surface area (Å²) in [6.45, 7) is 6.29. The summed E-state index contributed by atoms with van der Waals surface area (Å²) >= 11 is 6.26. The van der Waals surface area contributed by atoms with Crippen molar-refractivity contribution < 1.29 is 5.21 Å². The molecule has 1 heterocycles. The van der Waals surface area contributed by atoms with E-state index in [-0.39, 0.29) is 11.4 Å². The van der Waals surface area contributed by atoms with E-state index < -0.39 is 0 Å². The zero-order chi connectivity index (χ0) is 13.9. The number of hydrogen-bond acceptors (Lipinski definition) is 4. The lowest BCUT2D eigenvalue weighted by atomic mass is 10.00. The molecule has 1 aromatic rings. The molecule has 0 unspecified atom stereocenters. The molecule has 0 spiro atoms. The van der Waals surface area contributed by atoms with Gasteiger partial charge in [-0.05, 0) is 26.3 Å². The Morgan fingerprint density at radius 1 is 1.61 bits per heavy atom. The molecule has 6 heteroatoms. The number of anilines is 1. The van der Waals surface area contributed by atoms with Gasteiger partial charge in [0.15, 0.2) is 5.84 Å². The van der Waals surface area contributed by atoms with Crippen LogP contribution in [-0.4, -0.2) is 28.6 Å². The minimum absolute atomic E-state index is 0.0219. The van der Waals surface area contributed by atoms with Gasteiger partial charge in [0, 0.05) is 24.3 Å². The third-order valence-electron chi connectivity index (χ3n) is 3.35. The Labute approximate surface area is 112 Å². The molecule has 3 N–H and O–H groups in total. The third-order valence-corrected chi connectivity index (χ3v) is 3.72. The zero-order valence-corrected chi connectivity index (χ0v) is 11.9. The maximum atomic E-state index is 8.72. The second-order valence-corrected chi connectivity index (χ2v) is 5.08. The number of oxime groups is 1. The Kier molecular flexibility index (Phi) is 4.40. The van der Waals surface area contributed by atoms with E-state index >= 15 is 0 Å². The summed E-state index contributed by atoms with van der Waals surface area (Å²) in [6.07, 6.45) is 2.53. The smallest absolute Gasteiger partial charge is 0.171 e. The standard InChI is InChI=1S/C12H19ClN4O/c1-5-12(2,3)17(4)11-9(13)8(6-7-15-11)10(14)16-18/h6-7,18H,5H2,1-4H3,(H2,14,16). The molecule has 0 radical (unpaired) electrons. The van der Waals surface area contributed by atoms with Gasteiger partial charge in [-0.3, -0.25) is 0 Å². The molecule has 0 saturated carbocycles. The van der Waals surface area contributed by atoms with Crippen LogP contribution in [0.4, 0.5) is 5.82 Å². The predicted octanol–water partition coefficient (Wildman–Crippen LogP) is 2.45. The molecule has 0 aliphatic carbocycles. The summed E-state index contributed by atoms with van der Waals surface area (Å²) in [5, 5.41) is 12.1. The van der Waals surface area contributed by atoms with Gasteiger partial charge in [-0.15, -0.1) is 0 Å². The molecular formula is C12H19ClN4O. The van der Waals surface area contributed by atoms with E-state index in [4.69, 9.17) is 22.5 Å². The van der Waals surface area contributed by atoms with E-state index in [0.717, 1.165) is 6.42 Å². The van der Waals surface area contributed by atoms with E-state index in [1.54, 1.807) is 12.3 Å². The van der Waals surface area contributed by atoms with Crippen molar-refractivity contribution in [1.29, 1.82) is 0 Å². The van der Waals surface area contributed by atoms with Crippen molar-refractivity contribution in [3.05, 3.63) is 22.8 Å². The van der Waals surface area contributed by atoms with E-state index in [1.165, 1.54) is 0 Å². The molecule has 0 aliphatic rings. The van der Waals surface area contributed by atoms with Crippen molar-refractivity contribution in [1.82, 2.24) is 4.98 Å². The first-order valence-electron chi connectivity index (χ1n) is 5.71. The lowest BCUT2D eigenvalue weighted by molar-refractivity contribution is 0.318. The number of pyridine rings is 1. The molecule has 100 valence electrons. The topological polar surface area (TPSA) is 74.7 Å². The van der Waals surface area contributed by atoms with Crippen LogP contribution in [0.1, 0.15) is 32.8 Å². The highest BCUT2D eigenvalue weighted by molar-refractivity contribution is 6.36. The Morgan fingerprint density at radius 2 is 2.22 bits per heavy atom. The van der Waals surface area contributed by atoms with Gasteiger partial charge in [0.2, 0.25) is 0 Å². The normalized spacial score (nSPS) is 12.6. The van der Waals surface area contributed by atoms with Crippen LogP contribution in [0.5, 0.6) is 0 Å². The quantitative estimate of drug-likeness (QED) is 0.381. The van der Waals surface area contributed by atoms with Crippen molar-refractivity contribution in [2.24, 2.45) is 10.9 Å². The molecule has 0 aliphatic heterocycles. The Balaban J connectivity index is 3.28. The fourth-order valence-electron chi connectivity index (χ4n) is 1.44. The largest absolute Gasteiger partial charge is 0.409 e. The van der Waals surface area contributed by atoms with Crippen LogP contribution < -0.4 is 10.6 Å². The summed E-state index contributed by atoms with van der Waals surface area (Å²) in [5.41, 5.74) is 5.97. The van der Waals surface area contributed by atoms with Crippen molar-refractivity contribution in [3.8, 4) is 0 Å². The van der Waals surface area contributed by atoms with Gasteiger partial charge in [0.05, 0.1) is 5.02 Å². The summed E-state index contributed by atoms with van der Waals surface area (Å²) in [4.78, 5) is 6.26. The summed E-state index contributed by atoms with van der Waals surface area (Å²) in [7, 11) is 1.92. The number of rotatable bonds is 4. The molecule has 0 atom stereocenters. The summed E-state index contributed by atoms with van der Waals surface area (Å²) in [6, 6.07) is 1.62. The molecule has 0 bridgehead atoms. The van der Waals surface area contributed by atoms with Crippen molar-refractivity contribution >= 4 is 23.3 Å². The minimum atomic E-state index is -0.0830. The van der Waals surface area contributed by atoms with Crippen LogP contribution >= 0.6 is 11.6 Å². The highest BCUT2D eigenvalue weighted by Crippen LogP contribution is 2.31. The van der Waals surface area contributed by atoms with Crippen molar-refractivity contribution in [2.45, 2.75) is 32.7 Å². The van der Waals surface area contributed by atoms with Gasteiger partial charge in [0.1, 0.15) is 5.82 Å². The zero-order valence-electron chi connectivity index (χ0n) is 11.1. The van der Waals surface area contributed by atoms with Crippen molar-refractivity contribution in [2.75, 3.05) is 11.9 Å².